The minimum Gasteiger partial charge on any atom is -0.497 e. The fraction of sp³-hybridized carbons (Fsp3) is 0.292. The number of fused-ring (bicyclic) bond motifs is 1. The van der Waals surface area contributed by atoms with Crippen LogP contribution in [0.1, 0.15) is 18.9 Å². The van der Waals surface area contributed by atoms with Crippen LogP contribution in [0.5, 0.6) is 5.75 Å². The number of carbonyl (C=O) groups excluding carboxylic acids is 3. The third-order valence-corrected chi connectivity index (χ3v) is 5.66. The van der Waals surface area contributed by atoms with E-state index in [1.54, 1.807) is 36.3 Å². The molecule has 1 saturated heterocycles. The molecule has 8 nitrogen and oxygen atoms in total. The van der Waals surface area contributed by atoms with E-state index in [4.69, 9.17) is 4.74 Å². The van der Waals surface area contributed by atoms with E-state index in [-0.39, 0.29) is 24.1 Å². The Morgan fingerprint density at radius 3 is 2.69 bits per heavy atom. The van der Waals surface area contributed by atoms with E-state index in [0.717, 1.165) is 22.2 Å². The van der Waals surface area contributed by atoms with Gasteiger partial charge in [-0.1, -0.05) is 6.07 Å². The number of likely N-dealkylation sites (tertiary alicyclic amines) is 1. The van der Waals surface area contributed by atoms with Crippen LogP contribution in [-0.2, 0) is 20.8 Å². The number of H-pyrrole nitrogens is 1. The maximum Gasteiger partial charge on any atom is 0.229 e. The average molecular weight is 434 g/mol. The zero-order chi connectivity index (χ0) is 22.7. The number of nitrogens with zero attached hydrogens (tertiary/aromatic N) is 1. The zero-order valence-electron chi connectivity index (χ0n) is 18.1. The molecular formula is C24H26N4O4. The first-order chi connectivity index (χ1) is 15.4. The summed E-state index contributed by atoms with van der Waals surface area (Å²) in [5.74, 6) is -0.0173. The van der Waals surface area contributed by atoms with Crippen molar-refractivity contribution in [1.82, 2.24) is 9.88 Å². The summed E-state index contributed by atoms with van der Waals surface area (Å²) in [5.41, 5.74) is 3.32. The van der Waals surface area contributed by atoms with Gasteiger partial charge < -0.3 is 25.3 Å². The second kappa shape index (κ2) is 9.13. The minimum absolute atomic E-state index is 0.0189. The smallest absolute Gasteiger partial charge is 0.229 e. The number of rotatable bonds is 7. The molecule has 8 heteroatoms. The molecule has 0 spiro atoms. The molecule has 0 unspecified atom stereocenters. The van der Waals surface area contributed by atoms with Gasteiger partial charge in [-0.05, 0) is 48.4 Å². The van der Waals surface area contributed by atoms with Gasteiger partial charge in [0.2, 0.25) is 17.7 Å². The summed E-state index contributed by atoms with van der Waals surface area (Å²) in [7, 11) is 1.64. The molecule has 2 aromatic carbocycles. The number of amides is 3. The third-order valence-electron chi connectivity index (χ3n) is 5.66. The van der Waals surface area contributed by atoms with Crippen molar-refractivity contribution in [3.63, 3.8) is 0 Å². The summed E-state index contributed by atoms with van der Waals surface area (Å²) in [6.07, 6.45) is 2.84. The number of benzene rings is 2. The van der Waals surface area contributed by atoms with Crippen molar-refractivity contribution in [3.8, 4) is 5.75 Å². The Balaban J connectivity index is 1.36. The number of carbonyl (C=O) groups is 3. The van der Waals surface area contributed by atoms with E-state index in [1.165, 1.54) is 6.92 Å². The number of nitrogens with one attached hydrogen (secondary N) is 3. The average Bonchev–Trinajstić information content (AvgIpc) is 3.34. The van der Waals surface area contributed by atoms with Crippen LogP contribution >= 0.6 is 0 Å². The summed E-state index contributed by atoms with van der Waals surface area (Å²) in [6.45, 7) is 2.36. The van der Waals surface area contributed by atoms with Gasteiger partial charge in [0.05, 0.1) is 13.0 Å². The number of anilines is 2. The number of aromatic nitrogens is 1. The molecule has 32 heavy (non-hydrogen) atoms. The van der Waals surface area contributed by atoms with Gasteiger partial charge >= 0.3 is 0 Å². The molecule has 2 heterocycles. The molecule has 166 valence electrons. The lowest BCUT2D eigenvalue weighted by Gasteiger charge is -2.16. The van der Waals surface area contributed by atoms with E-state index >= 15 is 0 Å². The molecule has 3 N–H and O–H groups in total. The van der Waals surface area contributed by atoms with Gasteiger partial charge in [0.1, 0.15) is 5.75 Å². The van der Waals surface area contributed by atoms with Crippen molar-refractivity contribution >= 4 is 40.0 Å². The summed E-state index contributed by atoms with van der Waals surface area (Å²) >= 11 is 0. The molecule has 1 aromatic heterocycles. The second-order valence-corrected chi connectivity index (χ2v) is 7.97. The highest BCUT2D eigenvalue weighted by atomic mass is 16.5. The van der Waals surface area contributed by atoms with Gasteiger partial charge in [-0.2, -0.15) is 0 Å². The van der Waals surface area contributed by atoms with Crippen molar-refractivity contribution in [2.24, 2.45) is 5.92 Å². The van der Waals surface area contributed by atoms with Gasteiger partial charge in [0.15, 0.2) is 0 Å². The highest BCUT2D eigenvalue weighted by Gasteiger charge is 2.34. The second-order valence-electron chi connectivity index (χ2n) is 7.97. The van der Waals surface area contributed by atoms with Crippen LogP contribution in [0.3, 0.4) is 0 Å². The molecule has 4 rings (SSSR count). The molecular weight excluding hydrogens is 408 g/mol. The van der Waals surface area contributed by atoms with Crippen molar-refractivity contribution in [3.05, 3.63) is 54.2 Å². The molecule has 0 saturated carbocycles. The lowest BCUT2D eigenvalue weighted by Crippen LogP contribution is -2.30. The number of hydrogen-bond donors (Lipinski definition) is 3. The van der Waals surface area contributed by atoms with Crippen LogP contribution in [0.4, 0.5) is 11.4 Å². The Morgan fingerprint density at radius 1 is 1.16 bits per heavy atom. The molecule has 1 fully saturated rings. The molecule has 0 aliphatic carbocycles. The molecule has 3 amide bonds. The number of hydrogen-bond acceptors (Lipinski definition) is 4. The first-order valence-corrected chi connectivity index (χ1v) is 10.5. The van der Waals surface area contributed by atoms with Crippen LogP contribution < -0.4 is 15.4 Å². The first-order valence-electron chi connectivity index (χ1n) is 10.5. The summed E-state index contributed by atoms with van der Waals surface area (Å²) < 4.78 is 5.31. The number of methoxy groups -OCH3 is 1. The van der Waals surface area contributed by atoms with Crippen molar-refractivity contribution in [1.29, 1.82) is 0 Å². The Hall–Kier alpha value is -3.81. The van der Waals surface area contributed by atoms with E-state index in [2.05, 4.69) is 15.6 Å². The normalized spacial score (nSPS) is 15.8. The van der Waals surface area contributed by atoms with Gasteiger partial charge in [-0.15, -0.1) is 0 Å². The van der Waals surface area contributed by atoms with E-state index in [1.807, 2.05) is 24.4 Å². The van der Waals surface area contributed by atoms with Crippen LogP contribution in [0.2, 0.25) is 0 Å². The van der Waals surface area contributed by atoms with E-state index < -0.39 is 5.92 Å². The molecule has 1 atom stereocenters. The molecule has 1 aliphatic heterocycles. The Bertz CT molecular complexity index is 1170. The van der Waals surface area contributed by atoms with Gasteiger partial charge in [0.25, 0.3) is 0 Å². The Morgan fingerprint density at radius 2 is 1.94 bits per heavy atom. The zero-order valence-corrected chi connectivity index (χ0v) is 18.1. The first kappa shape index (κ1) is 21.4. The molecule has 0 radical (unpaired) electrons. The van der Waals surface area contributed by atoms with Gasteiger partial charge in [0, 0.05) is 54.9 Å². The monoisotopic (exact) mass is 434 g/mol. The number of ether oxygens (including phenoxy) is 1. The van der Waals surface area contributed by atoms with Crippen LogP contribution in [0, 0.1) is 5.92 Å². The predicted octanol–water partition coefficient (Wildman–Crippen LogP) is 3.16. The van der Waals surface area contributed by atoms with Crippen molar-refractivity contribution < 1.29 is 19.1 Å². The highest BCUT2D eigenvalue weighted by molar-refractivity contribution is 5.98. The van der Waals surface area contributed by atoms with Crippen LogP contribution in [0.25, 0.3) is 10.9 Å². The third kappa shape index (κ3) is 4.74. The Labute approximate surface area is 185 Å². The van der Waals surface area contributed by atoms with Crippen molar-refractivity contribution in [2.45, 2.75) is 19.8 Å². The molecule has 0 bridgehead atoms. The van der Waals surface area contributed by atoms with E-state index in [9.17, 15) is 14.4 Å². The van der Waals surface area contributed by atoms with Gasteiger partial charge in [-0.25, -0.2) is 0 Å². The summed E-state index contributed by atoms with van der Waals surface area (Å²) in [5, 5.41) is 6.62. The maximum absolute atomic E-state index is 12.7. The standard InChI is InChI=1S/C24H26N4O4/c1-15(29)26-18-4-3-5-19(11-18)27-24(31)17-10-23(30)28(14-17)9-8-16-13-25-22-7-6-20(32-2)12-21(16)22/h3-7,11-13,17,25H,8-10,14H2,1-2H3,(H,26,29)(H,27,31)/t17-/m0/s1. The van der Waals surface area contributed by atoms with Crippen LogP contribution in [0.15, 0.2) is 48.7 Å². The topological polar surface area (TPSA) is 104 Å². The minimum atomic E-state index is -0.407. The lowest BCUT2D eigenvalue weighted by molar-refractivity contribution is -0.128. The predicted molar refractivity (Wildman–Crippen MR) is 123 cm³/mol. The van der Waals surface area contributed by atoms with Crippen LogP contribution in [-0.4, -0.2) is 47.8 Å². The SMILES string of the molecule is COc1ccc2[nH]cc(CCN3C[C@@H](C(=O)Nc4cccc(NC(C)=O)c4)CC3=O)c2c1. The Kier molecular flexibility index (Phi) is 6.11. The lowest BCUT2D eigenvalue weighted by atomic mass is 10.1. The fourth-order valence-corrected chi connectivity index (χ4v) is 4.03. The molecule has 3 aromatic rings. The molecule has 1 aliphatic rings. The summed E-state index contributed by atoms with van der Waals surface area (Å²) in [4.78, 5) is 41.5. The highest BCUT2D eigenvalue weighted by Crippen LogP contribution is 2.26. The number of aromatic amines is 1. The van der Waals surface area contributed by atoms with Gasteiger partial charge in [-0.3, -0.25) is 14.4 Å². The maximum atomic E-state index is 12.7. The van der Waals surface area contributed by atoms with Crippen molar-refractivity contribution in [2.75, 3.05) is 30.8 Å². The largest absolute Gasteiger partial charge is 0.497 e. The quantitative estimate of drug-likeness (QED) is 0.531. The van der Waals surface area contributed by atoms with E-state index in [0.29, 0.717) is 30.9 Å². The summed E-state index contributed by atoms with van der Waals surface area (Å²) in [6, 6.07) is 12.8. The fourth-order valence-electron chi connectivity index (χ4n) is 4.03.